The van der Waals surface area contributed by atoms with E-state index in [0.29, 0.717) is 0 Å². The highest BCUT2D eigenvalue weighted by atomic mass is 32.1. The molecule has 0 radical (unpaired) electrons. The summed E-state index contributed by atoms with van der Waals surface area (Å²) >= 11 is 1.78. The van der Waals surface area contributed by atoms with Gasteiger partial charge < -0.3 is 5.32 Å². The van der Waals surface area contributed by atoms with Crippen LogP contribution in [0.5, 0.6) is 0 Å². The topological polar surface area (TPSA) is 37.8 Å². The van der Waals surface area contributed by atoms with Crippen molar-refractivity contribution in [2.45, 2.75) is 46.5 Å². The largest absolute Gasteiger partial charge is 0.317 e. The van der Waals surface area contributed by atoms with Gasteiger partial charge in [0.25, 0.3) is 0 Å². The first-order chi connectivity index (χ1) is 10.3. The van der Waals surface area contributed by atoms with E-state index in [0.717, 1.165) is 44.6 Å². The Morgan fingerprint density at radius 1 is 1.10 bits per heavy atom. The van der Waals surface area contributed by atoms with Gasteiger partial charge in [-0.25, -0.2) is 9.97 Å². The monoisotopic (exact) mass is 303 g/mol. The molecule has 0 amide bonds. The van der Waals surface area contributed by atoms with Gasteiger partial charge >= 0.3 is 0 Å². The Labute approximate surface area is 131 Å². The molecule has 0 aliphatic carbocycles. The second kappa shape index (κ2) is 8.25. The summed E-state index contributed by atoms with van der Waals surface area (Å²) in [4.78, 5) is 11.0. The molecule has 1 N–H and O–H groups in total. The van der Waals surface area contributed by atoms with E-state index in [1.807, 2.05) is 0 Å². The maximum atomic E-state index is 4.82. The number of aromatic nitrogens is 2. The Bertz CT molecular complexity index is 524. The molecule has 0 atom stereocenters. The Morgan fingerprint density at radius 2 is 1.81 bits per heavy atom. The third-order valence-electron chi connectivity index (χ3n) is 3.61. The van der Waals surface area contributed by atoms with E-state index in [9.17, 15) is 0 Å². The molecule has 0 bridgehead atoms. The molecule has 0 saturated carbocycles. The van der Waals surface area contributed by atoms with E-state index in [2.05, 4.69) is 43.6 Å². The number of nitrogens with one attached hydrogen (secondary N) is 1. The molecule has 0 spiro atoms. The van der Waals surface area contributed by atoms with Crippen LogP contribution >= 0.6 is 11.3 Å². The zero-order valence-electron chi connectivity index (χ0n) is 13.3. The second-order valence-electron chi connectivity index (χ2n) is 5.08. The first-order valence-electron chi connectivity index (χ1n) is 7.89. The second-order valence-corrected chi connectivity index (χ2v) is 6.11. The standard InChI is InChI=1S/C17H25N3S/c1-4-15-14(9-10-18-6-3)16(5-2)20-17(19-15)12-13-8-7-11-21-13/h7-8,11,18H,4-6,9-10,12H2,1-3H3. The lowest BCUT2D eigenvalue weighted by molar-refractivity contribution is 0.697. The van der Waals surface area contributed by atoms with Crippen molar-refractivity contribution in [1.29, 1.82) is 0 Å². The molecule has 2 aromatic rings. The number of likely N-dealkylation sites (N-methyl/N-ethyl adjacent to an activating group) is 1. The van der Waals surface area contributed by atoms with Gasteiger partial charge in [0, 0.05) is 22.7 Å². The fraction of sp³-hybridized carbons (Fsp3) is 0.529. The zero-order chi connectivity index (χ0) is 15.1. The van der Waals surface area contributed by atoms with Crippen LogP contribution in [0.25, 0.3) is 0 Å². The summed E-state index contributed by atoms with van der Waals surface area (Å²) < 4.78 is 0. The maximum absolute atomic E-state index is 4.82. The summed E-state index contributed by atoms with van der Waals surface area (Å²) in [5.74, 6) is 0.971. The zero-order valence-corrected chi connectivity index (χ0v) is 14.1. The fourth-order valence-corrected chi connectivity index (χ4v) is 3.25. The molecule has 2 rings (SSSR count). The van der Waals surface area contributed by atoms with E-state index in [-0.39, 0.29) is 0 Å². The van der Waals surface area contributed by atoms with Crippen LogP contribution in [0.3, 0.4) is 0 Å². The summed E-state index contributed by atoms with van der Waals surface area (Å²) in [5.41, 5.74) is 3.81. The van der Waals surface area contributed by atoms with Crippen molar-refractivity contribution < 1.29 is 0 Å². The van der Waals surface area contributed by atoms with Crippen molar-refractivity contribution in [3.8, 4) is 0 Å². The highest BCUT2D eigenvalue weighted by molar-refractivity contribution is 7.09. The van der Waals surface area contributed by atoms with Gasteiger partial charge in [0.05, 0.1) is 0 Å². The lowest BCUT2D eigenvalue weighted by Crippen LogP contribution is -2.19. The van der Waals surface area contributed by atoms with E-state index in [1.54, 1.807) is 11.3 Å². The van der Waals surface area contributed by atoms with E-state index in [1.165, 1.54) is 21.8 Å². The van der Waals surface area contributed by atoms with E-state index >= 15 is 0 Å². The normalized spacial score (nSPS) is 11.0. The number of nitrogens with zero attached hydrogens (tertiary/aromatic N) is 2. The Kier molecular flexibility index (Phi) is 6.33. The smallest absolute Gasteiger partial charge is 0.134 e. The van der Waals surface area contributed by atoms with Gasteiger partial charge in [-0.15, -0.1) is 11.3 Å². The highest BCUT2D eigenvalue weighted by Crippen LogP contribution is 2.18. The molecule has 0 aliphatic heterocycles. The number of hydrogen-bond donors (Lipinski definition) is 1. The predicted octanol–water partition coefficient (Wildman–Crippen LogP) is 3.41. The van der Waals surface area contributed by atoms with Gasteiger partial charge in [0.1, 0.15) is 5.82 Å². The van der Waals surface area contributed by atoms with Crippen molar-refractivity contribution in [3.63, 3.8) is 0 Å². The lowest BCUT2D eigenvalue weighted by Gasteiger charge is -2.14. The van der Waals surface area contributed by atoms with Crippen LogP contribution < -0.4 is 5.32 Å². The van der Waals surface area contributed by atoms with Crippen LogP contribution in [0, 0.1) is 0 Å². The van der Waals surface area contributed by atoms with Crippen molar-refractivity contribution in [2.24, 2.45) is 0 Å². The summed E-state index contributed by atoms with van der Waals surface area (Å²) in [6.45, 7) is 8.54. The molecule has 0 fully saturated rings. The van der Waals surface area contributed by atoms with Gasteiger partial charge in [-0.3, -0.25) is 0 Å². The molecule has 21 heavy (non-hydrogen) atoms. The van der Waals surface area contributed by atoms with Gasteiger partial charge in [-0.05, 0) is 49.4 Å². The number of thiophene rings is 1. The minimum Gasteiger partial charge on any atom is -0.317 e. The number of aryl methyl sites for hydroxylation is 2. The Balaban J connectivity index is 2.24. The van der Waals surface area contributed by atoms with Gasteiger partial charge in [-0.2, -0.15) is 0 Å². The third-order valence-corrected chi connectivity index (χ3v) is 4.49. The Hall–Kier alpha value is -1.26. The van der Waals surface area contributed by atoms with Crippen molar-refractivity contribution in [2.75, 3.05) is 13.1 Å². The number of hydrogen-bond acceptors (Lipinski definition) is 4. The summed E-state index contributed by atoms with van der Waals surface area (Å²) in [6, 6.07) is 4.25. The third kappa shape index (κ3) is 4.35. The van der Waals surface area contributed by atoms with Crippen molar-refractivity contribution in [3.05, 3.63) is 45.2 Å². The van der Waals surface area contributed by atoms with Crippen molar-refractivity contribution >= 4 is 11.3 Å². The van der Waals surface area contributed by atoms with E-state index < -0.39 is 0 Å². The quantitative estimate of drug-likeness (QED) is 0.760. The Morgan fingerprint density at radius 3 is 2.33 bits per heavy atom. The molecule has 2 heterocycles. The maximum Gasteiger partial charge on any atom is 0.134 e. The first-order valence-corrected chi connectivity index (χ1v) is 8.77. The van der Waals surface area contributed by atoms with E-state index in [4.69, 9.17) is 9.97 Å². The van der Waals surface area contributed by atoms with Crippen LogP contribution in [-0.4, -0.2) is 23.1 Å². The molecule has 0 saturated heterocycles. The molecule has 3 nitrogen and oxygen atoms in total. The molecular formula is C17H25N3S. The first kappa shape index (κ1) is 16.1. The summed E-state index contributed by atoms with van der Waals surface area (Å²) in [7, 11) is 0. The highest BCUT2D eigenvalue weighted by Gasteiger charge is 2.12. The van der Waals surface area contributed by atoms with Gasteiger partial charge in [0.15, 0.2) is 0 Å². The average molecular weight is 303 g/mol. The minimum atomic E-state index is 0.852. The summed E-state index contributed by atoms with van der Waals surface area (Å²) in [5, 5.41) is 5.51. The minimum absolute atomic E-state index is 0.852. The molecule has 114 valence electrons. The van der Waals surface area contributed by atoms with Crippen LogP contribution in [-0.2, 0) is 25.7 Å². The average Bonchev–Trinajstić information content (AvgIpc) is 3.01. The predicted molar refractivity (Wildman–Crippen MR) is 90.2 cm³/mol. The van der Waals surface area contributed by atoms with Gasteiger partial charge in [-0.1, -0.05) is 26.8 Å². The molecule has 0 aliphatic rings. The fourth-order valence-electron chi connectivity index (χ4n) is 2.55. The number of rotatable bonds is 8. The van der Waals surface area contributed by atoms with Crippen LogP contribution in [0.2, 0.25) is 0 Å². The van der Waals surface area contributed by atoms with Crippen molar-refractivity contribution in [1.82, 2.24) is 15.3 Å². The molecule has 2 aromatic heterocycles. The molecular weight excluding hydrogens is 278 g/mol. The molecule has 4 heteroatoms. The van der Waals surface area contributed by atoms with Crippen LogP contribution in [0.1, 0.15) is 48.4 Å². The lowest BCUT2D eigenvalue weighted by atomic mass is 10.0. The van der Waals surface area contributed by atoms with Crippen LogP contribution in [0.15, 0.2) is 17.5 Å². The van der Waals surface area contributed by atoms with Crippen LogP contribution in [0.4, 0.5) is 0 Å². The molecule has 0 unspecified atom stereocenters. The van der Waals surface area contributed by atoms with Gasteiger partial charge in [0.2, 0.25) is 0 Å². The SMILES string of the molecule is CCNCCc1c(CC)nc(Cc2cccs2)nc1CC. The molecule has 0 aromatic carbocycles. The summed E-state index contributed by atoms with van der Waals surface area (Å²) in [6.07, 6.45) is 3.84.